The number of ether oxygens (including phenoxy) is 1. The van der Waals surface area contributed by atoms with E-state index < -0.39 is 30.6 Å². The van der Waals surface area contributed by atoms with Crippen LogP contribution in [-0.4, -0.2) is 86.6 Å². The van der Waals surface area contributed by atoms with Crippen molar-refractivity contribution in [1.82, 2.24) is 34.4 Å². The predicted octanol–water partition coefficient (Wildman–Crippen LogP) is 3.03. The summed E-state index contributed by atoms with van der Waals surface area (Å²) in [5.41, 5.74) is 9.81. The van der Waals surface area contributed by atoms with E-state index in [0.717, 1.165) is 42.5 Å². The summed E-state index contributed by atoms with van der Waals surface area (Å²) in [5, 5.41) is 32.4. The lowest BCUT2D eigenvalue weighted by molar-refractivity contribution is -0.0639. The number of H-pyrrole nitrogens is 1. The number of aromatic nitrogens is 6. The van der Waals surface area contributed by atoms with Gasteiger partial charge in [0.15, 0.2) is 23.2 Å². The van der Waals surface area contributed by atoms with Crippen LogP contribution in [-0.2, 0) is 16.6 Å². The molecule has 1 aliphatic carbocycles. The predicted molar refractivity (Wildman–Crippen MR) is 159 cm³/mol. The number of nitrogens with one attached hydrogen (secondary N) is 1. The van der Waals surface area contributed by atoms with Gasteiger partial charge >= 0.3 is 0 Å². The van der Waals surface area contributed by atoms with Gasteiger partial charge in [0.1, 0.15) is 30.5 Å². The average Bonchev–Trinajstić information content (AvgIpc) is 3.55. The van der Waals surface area contributed by atoms with E-state index in [9.17, 15) is 15.3 Å². The minimum absolute atomic E-state index is 0.0915. The molecule has 0 spiro atoms. The van der Waals surface area contributed by atoms with Crippen molar-refractivity contribution in [1.29, 1.82) is 0 Å². The number of hydrogen-bond acceptors (Lipinski definition) is 10. The number of aliphatic hydroxyl groups excluding tert-OH is 2. The number of anilines is 1. The molecule has 42 heavy (non-hydrogen) atoms. The zero-order valence-corrected chi connectivity index (χ0v) is 24.9. The van der Waals surface area contributed by atoms with Gasteiger partial charge in [-0.25, -0.2) is 19.5 Å². The van der Waals surface area contributed by atoms with Gasteiger partial charge in [0.05, 0.1) is 11.0 Å². The second-order valence-corrected chi connectivity index (χ2v) is 13.2. The highest BCUT2D eigenvalue weighted by atomic mass is 16.6. The van der Waals surface area contributed by atoms with Crippen molar-refractivity contribution in [3.63, 3.8) is 0 Å². The number of aromatic amines is 1. The molecule has 2 aliphatic rings. The van der Waals surface area contributed by atoms with Gasteiger partial charge in [0.2, 0.25) is 0 Å². The molecule has 226 valence electrons. The number of benzene rings is 1. The topological polar surface area (TPSA) is 171 Å². The van der Waals surface area contributed by atoms with E-state index in [2.05, 4.69) is 77.7 Å². The van der Waals surface area contributed by atoms with Gasteiger partial charge in [-0.2, -0.15) is 4.98 Å². The Labute approximate surface area is 245 Å². The second-order valence-electron chi connectivity index (χ2n) is 13.2. The zero-order chi connectivity index (χ0) is 29.9. The van der Waals surface area contributed by atoms with E-state index in [0.29, 0.717) is 18.5 Å². The third kappa shape index (κ3) is 5.21. The van der Waals surface area contributed by atoms with E-state index in [4.69, 9.17) is 15.5 Å². The van der Waals surface area contributed by atoms with Crippen molar-refractivity contribution in [2.45, 2.75) is 102 Å². The number of nitrogens with zero attached hydrogens (tertiary/aromatic N) is 6. The summed E-state index contributed by atoms with van der Waals surface area (Å²) in [4.78, 5) is 22.8. The van der Waals surface area contributed by atoms with Gasteiger partial charge in [-0.3, -0.25) is 4.90 Å². The normalized spacial score (nSPS) is 26.6. The third-order valence-electron chi connectivity index (χ3n) is 9.00. The number of fused-ring (bicyclic) bond motifs is 2. The molecule has 0 amide bonds. The molecule has 3 aromatic heterocycles. The summed E-state index contributed by atoms with van der Waals surface area (Å²) in [6.07, 6.45) is 1.22. The smallest absolute Gasteiger partial charge is 0.298 e. The molecule has 1 saturated heterocycles. The number of aromatic hydroxyl groups is 1. The van der Waals surface area contributed by atoms with E-state index in [1.165, 1.54) is 16.5 Å². The maximum Gasteiger partial charge on any atom is 0.298 e. The molecule has 4 atom stereocenters. The molecule has 4 heterocycles. The fourth-order valence-corrected chi connectivity index (χ4v) is 6.42. The lowest BCUT2D eigenvalue weighted by Gasteiger charge is -2.46. The lowest BCUT2D eigenvalue weighted by atomic mass is 9.76. The van der Waals surface area contributed by atoms with E-state index in [-0.39, 0.29) is 28.4 Å². The van der Waals surface area contributed by atoms with E-state index in [1.54, 1.807) is 0 Å². The monoisotopic (exact) mass is 578 g/mol. The summed E-state index contributed by atoms with van der Waals surface area (Å²) in [6, 6.07) is 6.68. The van der Waals surface area contributed by atoms with Crippen LogP contribution in [0.1, 0.15) is 71.5 Å². The maximum absolute atomic E-state index is 10.9. The summed E-state index contributed by atoms with van der Waals surface area (Å²) < 4.78 is 7.42. The summed E-state index contributed by atoms with van der Waals surface area (Å²) in [7, 11) is 0. The molecular formula is C30H42N8O4. The van der Waals surface area contributed by atoms with E-state index in [1.807, 2.05) is 0 Å². The molecule has 4 aromatic rings. The lowest BCUT2D eigenvalue weighted by Crippen LogP contribution is -2.52. The van der Waals surface area contributed by atoms with Crippen molar-refractivity contribution < 1.29 is 20.1 Å². The Kier molecular flexibility index (Phi) is 7.37. The number of nitrogens with two attached hydrogens (primary N) is 1. The summed E-state index contributed by atoms with van der Waals surface area (Å²) in [6.45, 7) is 11.4. The molecule has 1 aliphatic heterocycles. The van der Waals surface area contributed by atoms with Gasteiger partial charge in [0, 0.05) is 25.0 Å². The first-order valence-corrected chi connectivity index (χ1v) is 14.8. The molecule has 1 saturated carbocycles. The maximum atomic E-state index is 10.9. The van der Waals surface area contributed by atoms with Gasteiger partial charge in [-0.05, 0) is 62.1 Å². The van der Waals surface area contributed by atoms with Crippen molar-refractivity contribution in [2.75, 3.05) is 12.3 Å². The van der Waals surface area contributed by atoms with Crippen LogP contribution >= 0.6 is 0 Å². The van der Waals surface area contributed by atoms with E-state index >= 15 is 0 Å². The highest BCUT2D eigenvalue weighted by Gasteiger charge is 2.47. The van der Waals surface area contributed by atoms with Crippen LogP contribution in [0, 0.1) is 5.92 Å². The van der Waals surface area contributed by atoms with Gasteiger partial charge in [-0.1, -0.05) is 26.8 Å². The minimum Gasteiger partial charge on any atom is -0.480 e. The standard InChI is InChI=1S/C30H42N8O4/c1-15(2)37(13-21-24(39)25(40)28(42-21)38-27-23(36-29(38)41)26(31)32-14-33-27)18-10-16(11-18)6-9-22-34-19-8-7-17(30(3,4)5)12-20(19)35-22/h7-8,12,14-16,18,21,24-25,28,39-40H,6,9-11,13H2,1-5H3,(H,34,35)(H,36,41)(H2,31,32,33)/t16-,18-,21-,24-,25-,28-/m1/s1. The molecule has 6 N–H and O–H groups in total. The minimum atomic E-state index is -1.28. The molecule has 0 radical (unpaired) electrons. The molecule has 6 rings (SSSR count). The summed E-state index contributed by atoms with van der Waals surface area (Å²) >= 11 is 0. The number of rotatable bonds is 8. The molecule has 2 fully saturated rings. The molecule has 12 nitrogen and oxygen atoms in total. The molecule has 0 unspecified atom stereocenters. The Morgan fingerprint density at radius 1 is 1.14 bits per heavy atom. The van der Waals surface area contributed by atoms with Gasteiger partial charge in [-0.15, -0.1) is 0 Å². The van der Waals surface area contributed by atoms with Crippen LogP contribution in [0.25, 0.3) is 22.2 Å². The Morgan fingerprint density at radius 2 is 1.90 bits per heavy atom. The van der Waals surface area contributed by atoms with Crippen LogP contribution < -0.4 is 5.73 Å². The fraction of sp³-hybridized carbons (Fsp3) is 0.600. The molecule has 0 bridgehead atoms. The Bertz CT molecular complexity index is 1570. The molecule has 12 heteroatoms. The Morgan fingerprint density at radius 3 is 2.62 bits per heavy atom. The van der Waals surface area contributed by atoms with Crippen LogP contribution in [0.2, 0.25) is 0 Å². The average molecular weight is 579 g/mol. The first-order chi connectivity index (χ1) is 19.9. The number of aryl methyl sites for hydroxylation is 1. The first kappa shape index (κ1) is 28.8. The van der Waals surface area contributed by atoms with Crippen LogP contribution in [0.3, 0.4) is 0 Å². The van der Waals surface area contributed by atoms with Crippen molar-refractivity contribution in [3.05, 3.63) is 35.9 Å². The number of nitrogen functional groups attached to an aromatic ring is 1. The SMILES string of the molecule is CC(C)N(C[C@H]1O[C@@H](n2c(O)nc3c(N)ncnc32)[C@H](O)[C@@H]1O)[C@H]1C[C@H](CCc2nc3cc(C(C)(C)C)ccc3[nH]2)C1. The van der Waals surface area contributed by atoms with Crippen LogP contribution in [0.5, 0.6) is 6.01 Å². The van der Waals surface area contributed by atoms with Gasteiger partial charge < -0.3 is 30.8 Å². The number of imidazole rings is 2. The van der Waals surface area contributed by atoms with Crippen LogP contribution in [0.4, 0.5) is 5.82 Å². The fourth-order valence-electron chi connectivity index (χ4n) is 6.42. The van der Waals surface area contributed by atoms with Gasteiger partial charge in [0.25, 0.3) is 6.01 Å². The third-order valence-corrected chi connectivity index (χ3v) is 9.00. The van der Waals surface area contributed by atoms with Crippen molar-refractivity contribution in [2.24, 2.45) is 5.92 Å². The van der Waals surface area contributed by atoms with Crippen molar-refractivity contribution in [3.8, 4) is 6.01 Å². The highest BCUT2D eigenvalue weighted by Crippen LogP contribution is 2.39. The first-order valence-electron chi connectivity index (χ1n) is 14.8. The molecular weight excluding hydrogens is 536 g/mol. The highest BCUT2D eigenvalue weighted by molar-refractivity contribution is 5.82. The number of hydrogen-bond donors (Lipinski definition) is 5. The Balaban J connectivity index is 1.07. The number of aliphatic hydroxyl groups is 2. The summed E-state index contributed by atoms with van der Waals surface area (Å²) in [5.74, 6) is 1.74. The quantitative estimate of drug-likeness (QED) is 0.209. The zero-order valence-electron chi connectivity index (χ0n) is 24.9. The van der Waals surface area contributed by atoms with Crippen molar-refractivity contribution >= 4 is 28.0 Å². The second kappa shape index (κ2) is 10.7. The molecule has 1 aromatic carbocycles. The van der Waals surface area contributed by atoms with Crippen LogP contribution in [0.15, 0.2) is 24.5 Å². The Hall–Kier alpha value is -3.32. The largest absolute Gasteiger partial charge is 0.480 e.